The summed E-state index contributed by atoms with van der Waals surface area (Å²) < 4.78 is 1.71. The number of hydrogen-bond donors (Lipinski definition) is 1. The van der Waals surface area contributed by atoms with Crippen molar-refractivity contribution in [1.82, 2.24) is 25.0 Å². The molecule has 1 N–H and O–H groups in total. The van der Waals surface area contributed by atoms with Crippen molar-refractivity contribution in [2.75, 3.05) is 38.1 Å². The van der Waals surface area contributed by atoms with Crippen molar-refractivity contribution < 1.29 is 4.79 Å². The van der Waals surface area contributed by atoms with Crippen LogP contribution < -0.4 is 10.2 Å². The highest BCUT2D eigenvalue weighted by Gasteiger charge is 2.27. The number of piperazine rings is 1. The lowest BCUT2D eigenvalue weighted by Crippen LogP contribution is -2.55. The van der Waals surface area contributed by atoms with Gasteiger partial charge in [0, 0.05) is 57.3 Å². The van der Waals surface area contributed by atoms with Crippen LogP contribution in [0, 0.1) is 0 Å². The van der Waals surface area contributed by atoms with Gasteiger partial charge in [0.15, 0.2) is 5.96 Å². The summed E-state index contributed by atoms with van der Waals surface area (Å²) in [7, 11) is 3.60. The Bertz CT molecular complexity index is 1030. The second kappa shape index (κ2) is 9.08. The average molecular weight is 424 g/mol. The Balaban J connectivity index is 1.29. The second-order valence-electron chi connectivity index (χ2n) is 7.07. The zero-order valence-electron chi connectivity index (χ0n) is 17.2. The molecule has 0 saturated carbocycles. The van der Waals surface area contributed by atoms with Gasteiger partial charge in [-0.2, -0.15) is 5.10 Å². The van der Waals surface area contributed by atoms with Crippen LogP contribution in [-0.4, -0.2) is 64.8 Å². The minimum Gasteiger partial charge on any atom is -0.356 e. The van der Waals surface area contributed by atoms with Crippen LogP contribution in [0.1, 0.15) is 5.69 Å². The number of anilines is 1. The zero-order chi connectivity index (χ0) is 20.9. The number of benzene rings is 1. The van der Waals surface area contributed by atoms with Gasteiger partial charge in [-0.15, -0.1) is 11.3 Å². The molecule has 1 saturated heterocycles. The fourth-order valence-electron chi connectivity index (χ4n) is 3.44. The first-order valence-electron chi connectivity index (χ1n) is 9.88. The maximum atomic E-state index is 12.6. The number of thiazole rings is 1. The van der Waals surface area contributed by atoms with Gasteiger partial charge in [-0.25, -0.2) is 4.98 Å². The van der Waals surface area contributed by atoms with Crippen molar-refractivity contribution in [3.05, 3.63) is 53.8 Å². The van der Waals surface area contributed by atoms with Gasteiger partial charge in [0.25, 0.3) is 0 Å². The minimum atomic E-state index is 0.0456. The van der Waals surface area contributed by atoms with Gasteiger partial charge >= 0.3 is 0 Å². The normalized spacial score (nSPS) is 15.0. The monoisotopic (exact) mass is 423 g/mol. The van der Waals surface area contributed by atoms with E-state index in [1.165, 1.54) is 0 Å². The maximum Gasteiger partial charge on any atom is 0.246 e. The van der Waals surface area contributed by atoms with Crippen molar-refractivity contribution in [3.63, 3.8) is 0 Å². The van der Waals surface area contributed by atoms with Gasteiger partial charge < -0.3 is 15.1 Å². The van der Waals surface area contributed by atoms with Gasteiger partial charge in [0.2, 0.25) is 5.91 Å². The van der Waals surface area contributed by atoms with Crippen LogP contribution >= 0.6 is 11.3 Å². The number of nitrogens with one attached hydrogen (secondary N) is 1. The van der Waals surface area contributed by atoms with Crippen LogP contribution in [0.4, 0.5) is 5.69 Å². The molecule has 1 fully saturated rings. The third-order valence-corrected chi connectivity index (χ3v) is 5.91. The number of guanidine groups is 1. The Kier molecular flexibility index (Phi) is 6.08. The second-order valence-corrected chi connectivity index (χ2v) is 7.93. The third kappa shape index (κ3) is 4.51. The fraction of sp³-hybridized carbons (Fsp3) is 0.333. The standard InChI is InChI=1S/C21H25N7OS/c1-22-21(27-10-11-28(19(29)14-27)18-12-24-26(2)13-18)23-9-8-17-15-30-20(25-17)16-6-4-3-5-7-16/h3-7,12-13,15H,8-11,14H2,1-2H3,(H,22,23). The minimum absolute atomic E-state index is 0.0456. The first-order valence-corrected chi connectivity index (χ1v) is 10.8. The summed E-state index contributed by atoms with van der Waals surface area (Å²) in [6.45, 7) is 2.33. The highest BCUT2D eigenvalue weighted by atomic mass is 32.1. The first kappa shape index (κ1) is 20.1. The fourth-order valence-corrected chi connectivity index (χ4v) is 4.30. The Hall–Kier alpha value is -3.20. The molecule has 0 bridgehead atoms. The number of nitrogens with zero attached hydrogens (tertiary/aromatic N) is 6. The van der Waals surface area contributed by atoms with Gasteiger partial charge in [-0.1, -0.05) is 30.3 Å². The van der Waals surface area contributed by atoms with E-state index in [0.29, 0.717) is 19.6 Å². The number of carbonyl (C=O) groups is 1. The Morgan fingerprint density at radius 3 is 2.80 bits per heavy atom. The first-order chi connectivity index (χ1) is 14.6. The average Bonchev–Trinajstić information content (AvgIpc) is 3.41. The molecule has 8 nitrogen and oxygen atoms in total. The number of hydrogen-bond acceptors (Lipinski definition) is 5. The van der Waals surface area contributed by atoms with E-state index in [2.05, 4.69) is 32.9 Å². The van der Waals surface area contributed by atoms with E-state index in [9.17, 15) is 4.79 Å². The van der Waals surface area contributed by atoms with E-state index in [0.717, 1.165) is 40.9 Å². The molecule has 1 aliphatic rings. The number of carbonyl (C=O) groups excluding carboxylic acids is 1. The lowest BCUT2D eigenvalue weighted by molar-refractivity contribution is -0.120. The van der Waals surface area contributed by atoms with Gasteiger partial charge in [-0.05, 0) is 0 Å². The van der Waals surface area contributed by atoms with E-state index < -0.39 is 0 Å². The van der Waals surface area contributed by atoms with E-state index in [1.807, 2.05) is 36.3 Å². The molecule has 2 aromatic heterocycles. The summed E-state index contributed by atoms with van der Waals surface area (Å²) >= 11 is 1.66. The smallest absolute Gasteiger partial charge is 0.246 e. The van der Waals surface area contributed by atoms with E-state index in [-0.39, 0.29) is 5.91 Å². The summed E-state index contributed by atoms with van der Waals surface area (Å²) in [5.74, 6) is 0.789. The van der Waals surface area contributed by atoms with E-state index in [4.69, 9.17) is 4.98 Å². The summed E-state index contributed by atoms with van der Waals surface area (Å²) in [6.07, 6.45) is 4.38. The predicted molar refractivity (Wildman–Crippen MR) is 120 cm³/mol. The van der Waals surface area contributed by atoms with Crippen LogP contribution in [0.25, 0.3) is 10.6 Å². The summed E-state index contributed by atoms with van der Waals surface area (Å²) in [6, 6.07) is 10.2. The highest BCUT2D eigenvalue weighted by molar-refractivity contribution is 7.13. The van der Waals surface area contributed by atoms with Crippen molar-refractivity contribution in [2.24, 2.45) is 12.0 Å². The van der Waals surface area contributed by atoms with Crippen molar-refractivity contribution in [3.8, 4) is 10.6 Å². The molecule has 0 radical (unpaired) electrons. The number of amides is 1. The lowest BCUT2D eigenvalue weighted by atomic mass is 10.2. The van der Waals surface area contributed by atoms with Gasteiger partial charge in [-0.3, -0.25) is 14.5 Å². The van der Waals surface area contributed by atoms with Crippen molar-refractivity contribution in [1.29, 1.82) is 0 Å². The molecule has 0 atom stereocenters. The topological polar surface area (TPSA) is 78.7 Å². The molecule has 0 aliphatic carbocycles. The molecule has 3 aromatic rings. The zero-order valence-corrected chi connectivity index (χ0v) is 18.0. The van der Waals surface area contributed by atoms with Crippen LogP contribution in [0.3, 0.4) is 0 Å². The molecule has 3 heterocycles. The maximum absolute atomic E-state index is 12.6. The van der Waals surface area contributed by atoms with Crippen LogP contribution in [0.2, 0.25) is 0 Å². The molecule has 156 valence electrons. The Morgan fingerprint density at radius 2 is 2.10 bits per heavy atom. The molecular formula is C21H25N7OS. The van der Waals surface area contributed by atoms with Crippen molar-refractivity contribution >= 4 is 28.9 Å². The molecule has 0 unspecified atom stereocenters. The summed E-state index contributed by atoms with van der Waals surface area (Å²) in [5.41, 5.74) is 3.03. The Labute approximate surface area is 179 Å². The number of rotatable bonds is 5. The van der Waals surface area contributed by atoms with Crippen LogP contribution in [-0.2, 0) is 18.3 Å². The molecule has 9 heteroatoms. The predicted octanol–water partition coefficient (Wildman–Crippen LogP) is 2.01. The molecular weight excluding hydrogens is 398 g/mol. The molecule has 0 spiro atoms. The summed E-state index contributed by atoms with van der Waals surface area (Å²) in [4.78, 5) is 25.5. The van der Waals surface area contributed by atoms with E-state index >= 15 is 0 Å². The molecule has 1 aromatic carbocycles. The largest absolute Gasteiger partial charge is 0.356 e. The molecule has 4 rings (SSSR count). The number of aliphatic imine (C=N–C) groups is 1. The van der Waals surface area contributed by atoms with Crippen LogP contribution in [0.15, 0.2) is 53.1 Å². The van der Waals surface area contributed by atoms with Crippen LogP contribution in [0.5, 0.6) is 0 Å². The van der Waals surface area contributed by atoms with Gasteiger partial charge in [0.05, 0.1) is 17.6 Å². The Morgan fingerprint density at radius 1 is 1.27 bits per heavy atom. The summed E-state index contributed by atoms with van der Waals surface area (Å²) in [5, 5.41) is 10.7. The third-order valence-electron chi connectivity index (χ3n) is 4.97. The van der Waals surface area contributed by atoms with Crippen molar-refractivity contribution in [2.45, 2.75) is 6.42 Å². The quantitative estimate of drug-likeness (QED) is 0.502. The lowest BCUT2D eigenvalue weighted by Gasteiger charge is -2.35. The SMILES string of the molecule is CN=C(NCCc1csc(-c2ccccc2)n1)N1CCN(c2cnn(C)c2)C(=O)C1. The van der Waals surface area contributed by atoms with E-state index in [1.54, 1.807) is 34.2 Å². The highest BCUT2D eigenvalue weighted by Crippen LogP contribution is 2.23. The molecule has 30 heavy (non-hydrogen) atoms. The molecule has 1 aliphatic heterocycles. The number of aromatic nitrogens is 3. The molecule has 1 amide bonds. The van der Waals surface area contributed by atoms with Gasteiger partial charge in [0.1, 0.15) is 11.6 Å². The number of aryl methyl sites for hydroxylation is 1.